The van der Waals surface area contributed by atoms with Crippen molar-refractivity contribution in [1.29, 1.82) is 0 Å². The Bertz CT molecular complexity index is 855. The number of rotatable bonds is 2. The predicted octanol–water partition coefficient (Wildman–Crippen LogP) is 5.22. The summed E-state index contributed by atoms with van der Waals surface area (Å²) in [6.45, 7) is 6.21. The molecule has 2 heteroatoms. The highest BCUT2D eigenvalue weighted by Crippen LogP contribution is 2.29. The highest BCUT2D eigenvalue weighted by atomic mass is 16.3. The molecular weight excluding hydrogens is 270 g/mol. The number of hydrogen-bond acceptors (Lipinski definition) is 2. The molecule has 0 spiro atoms. The molecule has 0 atom stereocenters. The molecule has 22 heavy (non-hydrogen) atoms. The minimum atomic E-state index is 0.282. The third-order valence-corrected chi connectivity index (χ3v) is 3.90. The van der Waals surface area contributed by atoms with E-state index in [1.54, 1.807) is 6.21 Å². The monoisotopic (exact) mass is 289 g/mol. The second kappa shape index (κ2) is 5.64. The minimum Gasteiger partial charge on any atom is -0.507 e. The molecule has 1 N–H and O–H groups in total. The van der Waals surface area contributed by atoms with Gasteiger partial charge in [-0.25, -0.2) is 0 Å². The van der Waals surface area contributed by atoms with E-state index in [0.717, 1.165) is 33.2 Å². The lowest BCUT2D eigenvalue weighted by Crippen LogP contribution is -1.87. The lowest BCUT2D eigenvalue weighted by molar-refractivity contribution is 0.481. The van der Waals surface area contributed by atoms with Crippen LogP contribution >= 0.6 is 0 Å². The Hall–Kier alpha value is -2.61. The highest BCUT2D eigenvalue weighted by molar-refractivity contribution is 5.97. The quantitative estimate of drug-likeness (QED) is 0.644. The molecule has 0 fully saturated rings. The molecule has 110 valence electrons. The van der Waals surface area contributed by atoms with E-state index < -0.39 is 0 Å². The number of phenolic OH excluding ortho intramolecular Hbond substituents is 1. The van der Waals surface area contributed by atoms with Crippen molar-refractivity contribution >= 4 is 22.7 Å². The average molecular weight is 289 g/mol. The number of fused-ring (bicyclic) bond motifs is 1. The fraction of sp³-hybridized carbons (Fsp3) is 0.150. The summed E-state index contributed by atoms with van der Waals surface area (Å²) in [5, 5.41) is 12.3. The Morgan fingerprint density at radius 3 is 2.32 bits per heavy atom. The topological polar surface area (TPSA) is 32.6 Å². The SMILES string of the molecule is Cc1cc(C)c(N=Cc2ccc3ccccc3c2O)c(C)c1. The van der Waals surface area contributed by atoms with E-state index in [1.165, 1.54) is 5.56 Å². The summed E-state index contributed by atoms with van der Waals surface area (Å²) < 4.78 is 0. The Labute approximate surface area is 130 Å². The normalized spacial score (nSPS) is 11.4. The largest absolute Gasteiger partial charge is 0.507 e. The molecule has 0 saturated heterocycles. The van der Waals surface area contributed by atoms with Crippen LogP contribution in [0.3, 0.4) is 0 Å². The van der Waals surface area contributed by atoms with Crippen molar-refractivity contribution in [1.82, 2.24) is 0 Å². The van der Waals surface area contributed by atoms with Crippen molar-refractivity contribution in [3.05, 3.63) is 70.8 Å². The van der Waals surface area contributed by atoms with Gasteiger partial charge in [-0.15, -0.1) is 0 Å². The fourth-order valence-corrected chi connectivity index (χ4v) is 2.89. The molecule has 2 nitrogen and oxygen atoms in total. The van der Waals surface area contributed by atoms with Gasteiger partial charge in [-0.1, -0.05) is 48.0 Å². The Morgan fingerprint density at radius 2 is 1.59 bits per heavy atom. The van der Waals surface area contributed by atoms with Crippen LogP contribution in [0.5, 0.6) is 5.75 Å². The molecule has 0 radical (unpaired) electrons. The van der Waals surface area contributed by atoms with Crippen molar-refractivity contribution in [3.8, 4) is 5.75 Å². The second-order valence-corrected chi connectivity index (χ2v) is 5.73. The molecule has 3 aromatic carbocycles. The summed E-state index contributed by atoms with van der Waals surface area (Å²) in [6.07, 6.45) is 1.74. The Balaban J connectivity index is 2.05. The van der Waals surface area contributed by atoms with E-state index in [-0.39, 0.29) is 5.75 Å². The molecule has 0 aliphatic rings. The van der Waals surface area contributed by atoms with Gasteiger partial charge < -0.3 is 5.11 Å². The smallest absolute Gasteiger partial charge is 0.132 e. The fourth-order valence-electron chi connectivity index (χ4n) is 2.89. The van der Waals surface area contributed by atoms with Gasteiger partial charge in [0.05, 0.1) is 5.69 Å². The first-order chi connectivity index (χ1) is 10.6. The van der Waals surface area contributed by atoms with Gasteiger partial charge in [-0.05, 0) is 43.4 Å². The maximum absolute atomic E-state index is 10.4. The van der Waals surface area contributed by atoms with Crippen LogP contribution < -0.4 is 0 Å². The van der Waals surface area contributed by atoms with Crippen molar-refractivity contribution in [2.24, 2.45) is 4.99 Å². The van der Waals surface area contributed by atoms with Gasteiger partial charge in [0.15, 0.2) is 0 Å². The Morgan fingerprint density at radius 1 is 0.909 bits per heavy atom. The number of hydrogen-bond donors (Lipinski definition) is 1. The van der Waals surface area contributed by atoms with Crippen LogP contribution in [-0.2, 0) is 0 Å². The van der Waals surface area contributed by atoms with Crippen molar-refractivity contribution in [2.75, 3.05) is 0 Å². The molecule has 3 aromatic rings. The van der Waals surface area contributed by atoms with Crippen LogP contribution in [0.4, 0.5) is 5.69 Å². The van der Waals surface area contributed by atoms with Crippen molar-refractivity contribution in [2.45, 2.75) is 20.8 Å². The minimum absolute atomic E-state index is 0.282. The van der Waals surface area contributed by atoms with E-state index in [9.17, 15) is 5.11 Å². The molecule has 0 unspecified atom stereocenters. The lowest BCUT2D eigenvalue weighted by Gasteiger charge is -2.07. The third kappa shape index (κ3) is 2.60. The van der Waals surface area contributed by atoms with Crippen molar-refractivity contribution in [3.63, 3.8) is 0 Å². The van der Waals surface area contributed by atoms with Crippen molar-refractivity contribution < 1.29 is 5.11 Å². The number of nitrogens with zero attached hydrogens (tertiary/aromatic N) is 1. The first-order valence-electron chi connectivity index (χ1n) is 7.39. The summed E-state index contributed by atoms with van der Waals surface area (Å²) in [4.78, 5) is 4.60. The summed E-state index contributed by atoms with van der Waals surface area (Å²) in [5.74, 6) is 0.282. The summed E-state index contributed by atoms with van der Waals surface area (Å²) in [5.41, 5.74) is 5.24. The lowest BCUT2D eigenvalue weighted by atomic mass is 10.0. The van der Waals surface area contributed by atoms with Crippen LogP contribution in [0.2, 0.25) is 0 Å². The van der Waals surface area contributed by atoms with E-state index in [1.807, 2.05) is 36.4 Å². The molecule has 0 bridgehead atoms. The maximum atomic E-state index is 10.4. The highest BCUT2D eigenvalue weighted by Gasteiger charge is 2.05. The summed E-state index contributed by atoms with van der Waals surface area (Å²) in [6, 6.07) is 16.0. The van der Waals surface area contributed by atoms with Gasteiger partial charge in [0, 0.05) is 17.2 Å². The first-order valence-corrected chi connectivity index (χ1v) is 7.39. The predicted molar refractivity (Wildman–Crippen MR) is 93.5 cm³/mol. The first kappa shape index (κ1) is 14.3. The molecule has 0 aliphatic heterocycles. The third-order valence-electron chi connectivity index (χ3n) is 3.90. The van der Waals surface area contributed by atoms with E-state index >= 15 is 0 Å². The zero-order valence-corrected chi connectivity index (χ0v) is 13.1. The number of benzene rings is 3. The standard InChI is InChI=1S/C20H19NO/c1-13-10-14(2)19(15(3)11-13)21-12-17-9-8-16-6-4-5-7-18(16)20(17)22/h4-12,22H,1-3H3. The van der Waals surface area contributed by atoms with Crippen LogP contribution in [-0.4, -0.2) is 11.3 Å². The van der Waals surface area contributed by atoms with E-state index in [4.69, 9.17) is 0 Å². The van der Waals surface area contributed by atoms with Gasteiger partial charge in [-0.2, -0.15) is 0 Å². The van der Waals surface area contributed by atoms with Gasteiger partial charge in [0.1, 0.15) is 5.75 Å². The molecule has 3 rings (SSSR count). The number of aromatic hydroxyl groups is 1. The maximum Gasteiger partial charge on any atom is 0.132 e. The second-order valence-electron chi connectivity index (χ2n) is 5.73. The summed E-state index contributed by atoms with van der Waals surface area (Å²) >= 11 is 0. The number of aryl methyl sites for hydroxylation is 3. The summed E-state index contributed by atoms with van der Waals surface area (Å²) in [7, 11) is 0. The average Bonchev–Trinajstić information content (AvgIpc) is 2.48. The molecule has 0 amide bonds. The van der Waals surface area contributed by atoms with Gasteiger partial charge in [0.25, 0.3) is 0 Å². The molecule has 0 saturated carbocycles. The zero-order valence-electron chi connectivity index (χ0n) is 13.1. The zero-order chi connectivity index (χ0) is 15.7. The van der Waals surface area contributed by atoms with Crippen LogP contribution in [0.25, 0.3) is 10.8 Å². The van der Waals surface area contributed by atoms with Gasteiger partial charge >= 0.3 is 0 Å². The number of phenols is 1. The van der Waals surface area contributed by atoms with Crippen LogP contribution in [0.1, 0.15) is 22.3 Å². The van der Waals surface area contributed by atoms with Crippen LogP contribution in [0.15, 0.2) is 53.5 Å². The van der Waals surface area contributed by atoms with E-state index in [2.05, 4.69) is 37.9 Å². The van der Waals surface area contributed by atoms with E-state index in [0.29, 0.717) is 0 Å². The van der Waals surface area contributed by atoms with Crippen LogP contribution in [0, 0.1) is 20.8 Å². The Kier molecular flexibility index (Phi) is 3.68. The molecule has 0 aromatic heterocycles. The molecule has 0 heterocycles. The van der Waals surface area contributed by atoms with Gasteiger partial charge in [-0.3, -0.25) is 4.99 Å². The number of aliphatic imine (C=N–C) groups is 1. The molecule has 0 aliphatic carbocycles. The van der Waals surface area contributed by atoms with Gasteiger partial charge in [0.2, 0.25) is 0 Å². The molecular formula is C20H19NO.